The second kappa shape index (κ2) is 7.62. The SMILES string of the molecule is CCC(C)NCCNCc1ccc(S(C)(=O)=O)cc1. The van der Waals surface area contributed by atoms with Crippen LogP contribution in [0.25, 0.3) is 0 Å². The summed E-state index contributed by atoms with van der Waals surface area (Å²) >= 11 is 0. The maximum atomic E-state index is 11.3. The Bertz CT molecular complexity index is 469. The topological polar surface area (TPSA) is 58.2 Å². The second-order valence-electron chi connectivity index (χ2n) is 4.86. The van der Waals surface area contributed by atoms with Crippen LogP contribution in [0.3, 0.4) is 0 Å². The molecule has 0 saturated heterocycles. The Morgan fingerprint density at radius 2 is 1.79 bits per heavy atom. The zero-order chi connectivity index (χ0) is 14.3. The minimum absolute atomic E-state index is 0.370. The molecule has 0 amide bonds. The summed E-state index contributed by atoms with van der Waals surface area (Å²) in [5.41, 5.74) is 1.09. The summed E-state index contributed by atoms with van der Waals surface area (Å²) in [6, 6.07) is 7.57. The maximum Gasteiger partial charge on any atom is 0.175 e. The summed E-state index contributed by atoms with van der Waals surface area (Å²) < 4.78 is 22.6. The van der Waals surface area contributed by atoms with Crippen molar-refractivity contribution < 1.29 is 8.42 Å². The number of rotatable bonds is 8. The molecule has 0 saturated carbocycles. The molecule has 5 heteroatoms. The van der Waals surface area contributed by atoms with Crippen molar-refractivity contribution in [3.8, 4) is 0 Å². The van der Waals surface area contributed by atoms with Gasteiger partial charge in [0.25, 0.3) is 0 Å². The van der Waals surface area contributed by atoms with Crippen molar-refractivity contribution in [1.29, 1.82) is 0 Å². The van der Waals surface area contributed by atoms with Crippen LogP contribution < -0.4 is 10.6 Å². The van der Waals surface area contributed by atoms with Crippen LogP contribution in [-0.2, 0) is 16.4 Å². The van der Waals surface area contributed by atoms with E-state index in [1.807, 2.05) is 12.1 Å². The molecule has 1 rings (SSSR count). The second-order valence-corrected chi connectivity index (χ2v) is 6.87. The normalized spacial score (nSPS) is 13.4. The van der Waals surface area contributed by atoms with E-state index in [0.717, 1.165) is 31.6 Å². The van der Waals surface area contributed by atoms with Crippen LogP contribution in [0, 0.1) is 0 Å². The molecule has 0 fully saturated rings. The molecule has 0 bridgehead atoms. The van der Waals surface area contributed by atoms with Crippen molar-refractivity contribution in [3.05, 3.63) is 29.8 Å². The summed E-state index contributed by atoms with van der Waals surface area (Å²) in [5.74, 6) is 0. The fraction of sp³-hybridized carbons (Fsp3) is 0.571. The highest BCUT2D eigenvalue weighted by Gasteiger charge is 2.05. The average Bonchev–Trinajstić information content (AvgIpc) is 2.37. The Morgan fingerprint density at radius 3 is 2.32 bits per heavy atom. The van der Waals surface area contributed by atoms with Gasteiger partial charge < -0.3 is 10.6 Å². The molecule has 1 atom stereocenters. The molecule has 0 heterocycles. The number of hydrogen-bond acceptors (Lipinski definition) is 4. The summed E-state index contributed by atoms with van der Waals surface area (Å²) in [6.07, 6.45) is 2.35. The first kappa shape index (κ1) is 16.1. The van der Waals surface area contributed by atoms with Crippen LogP contribution in [0.15, 0.2) is 29.2 Å². The van der Waals surface area contributed by atoms with E-state index in [1.54, 1.807) is 12.1 Å². The van der Waals surface area contributed by atoms with E-state index in [1.165, 1.54) is 6.26 Å². The van der Waals surface area contributed by atoms with Gasteiger partial charge in [-0.1, -0.05) is 19.1 Å². The lowest BCUT2D eigenvalue weighted by atomic mass is 10.2. The molecule has 108 valence electrons. The summed E-state index contributed by atoms with van der Waals surface area (Å²) in [7, 11) is -3.09. The fourth-order valence-electron chi connectivity index (χ4n) is 1.64. The van der Waals surface area contributed by atoms with Crippen molar-refractivity contribution in [2.24, 2.45) is 0 Å². The molecule has 0 aliphatic carbocycles. The molecule has 2 N–H and O–H groups in total. The molecule has 1 aromatic rings. The van der Waals surface area contributed by atoms with E-state index >= 15 is 0 Å². The first-order chi connectivity index (χ1) is 8.93. The maximum absolute atomic E-state index is 11.3. The van der Waals surface area contributed by atoms with Crippen molar-refractivity contribution >= 4 is 9.84 Å². The average molecular weight is 284 g/mol. The Kier molecular flexibility index (Phi) is 6.48. The lowest BCUT2D eigenvalue weighted by Crippen LogP contribution is -2.32. The van der Waals surface area contributed by atoms with Crippen LogP contribution in [-0.4, -0.2) is 33.8 Å². The molecular formula is C14H24N2O2S. The van der Waals surface area contributed by atoms with Crippen LogP contribution in [0.5, 0.6) is 0 Å². The fourth-order valence-corrected chi connectivity index (χ4v) is 2.27. The van der Waals surface area contributed by atoms with E-state index in [-0.39, 0.29) is 0 Å². The van der Waals surface area contributed by atoms with E-state index < -0.39 is 9.84 Å². The monoisotopic (exact) mass is 284 g/mol. The van der Waals surface area contributed by atoms with E-state index in [9.17, 15) is 8.42 Å². The summed E-state index contributed by atoms with van der Waals surface area (Å²) in [6.45, 7) is 6.93. The molecule has 4 nitrogen and oxygen atoms in total. The van der Waals surface area contributed by atoms with Gasteiger partial charge in [-0.2, -0.15) is 0 Å². The van der Waals surface area contributed by atoms with Gasteiger partial charge in [-0.05, 0) is 31.0 Å². The Morgan fingerprint density at radius 1 is 1.16 bits per heavy atom. The Labute approximate surface area is 116 Å². The third kappa shape index (κ3) is 6.18. The van der Waals surface area contributed by atoms with E-state index in [2.05, 4.69) is 24.5 Å². The first-order valence-corrected chi connectivity index (χ1v) is 8.55. The lowest BCUT2D eigenvalue weighted by molar-refractivity contribution is 0.517. The van der Waals surface area contributed by atoms with Crippen LogP contribution in [0.2, 0.25) is 0 Å². The van der Waals surface area contributed by atoms with Crippen molar-refractivity contribution in [3.63, 3.8) is 0 Å². The molecule has 1 aromatic carbocycles. The van der Waals surface area contributed by atoms with Crippen LogP contribution in [0.1, 0.15) is 25.8 Å². The minimum atomic E-state index is -3.09. The molecular weight excluding hydrogens is 260 g/mol. The Hall–Kier alpha value is -0.910. The predicted molar refractivity (Wildman–Crippen MR) is 79.0 cm³/mol. The molecule has 1 unspecified atom stereocenters. The molecule has 0 aromatic heterocycles. The van der Waals surface area contributed by atoms with Crippen LogP contribution >= 0.6 is 0 Å². The van der Waals surface area contributed by atoms with Gasteiger partial charge in [-0.15, -0.1) is 0 Å². The largest absolute Gasteiger partial charge is 0.313 e. The summed E-state index contributed by atoms with van der Waals surface area (Å²) in [4.78, 5) is 0.370. The highest BCUT2D eigenvalue weighted by Crippen LogP contribution is 2.09. The molecule has 0 aliphatic heterocycles. The Balaban J connectivity index is 2.31. The first-order valence-electron chi connectivity index (χ1n) is 6.66. The van der Waals surface area contributed by atoms with E-state index in [4.69, 9.17) is 0 Å². The van der Waals surface area contributed by atoms with Crippen molar-refractivity contribution in [2.75, 3.05) is 19.3 Å². The summed E-state index contributed by atoms with van der Waals surface area (Å²) in [5, 5.41) is 6.73. The zero-order valence-corrected chi connectivity index (χ0v) is 12.8. The van der Waals surface area contributed by atoms with E-state index in [0.29, 0.717) is 10.9 Å². The number of hydrogen-bond donors (Lipinski definition) is 2. The molecule has 0 spiro atoms. The van der Waals surface area contributed by atoms with Gasteiger partial charge >= 0.3 is 0 Å². The highest BCUT2D eigenvalue weighted by molar-refractivity contribution is 7.90. The number of sulfone groups is 1. The van der Waals surface area contributed by atoms with Gasteiger partial charge in [-0.25, -0.2) is 8.42 Å². The van der Waals surface area contributed by atoms with Crippen molar-refractivity contribution in [1.82, 2.24) is 10.6 Å². The highest BCUT2D eigenvalue weighted by atomic mass is 32.2. The quantitative estimate of drug-likeness (QED) is 0.711. The minimum Gasteiger partial charge on any atom is -0.313 e. The standard InChI is InChI=1S/C14H24N2O2S/c1-4-12(2)16-10-9-15-11-13-5-7-14(8-6-13)19(3,17)18/h5-8,12,15-16H,4,9-11H2,1-3H3. The van der Waals surface area contributed by atoms with Crippen molar-refractivity contribution in [2.45, 2.75) is 37.8 Å². The molecule has 19 heavy (non-hydrogen) atoms. The van der Waals surface area contributed by atoms with Crippen LogP contribution in [0.4, 0.5) is 0 Å². The van der Waals surface area contributed by atoms with Gasteiger partial charge in [0.1, 0.15) is 0 Å². The van der Waals surface area contributed by atoms with Gasteiger partial charge in [0.2, 0.25) is 0 Å². The molecule has 0 aliphatic rings. The van der Waals surface area contributed by atoms with Gasteiger partial charge in [0.15, 0.2) is 9.84 Å². The zero-order valence-electron chi connectivity index (χ0n) is 11.9. The number of benzene rings is 1. The van der Waals surface area contributed by atoms with Gasteiger partial charge in [0, 0.05) is 31.9 Å². The third-order valence-electron chi connectivity index (χ3n) is 3.09. The van der Waals surface area contributed by atoms with Gasteiger partial charge in [0.05, 0.1) is 4.90 Å². The lowest BCUT2D eigenvalue weighted by Gasteiger charge is -2.11. The smallest absolute Gasteiger partial charge is 0.175 e. The number of nitrogens with one attached hydrogen (secondary N) is 2. The van der Waals surface area contributed by atoms with Gasteiger partial charge in [-0.3, -0.25) is 0 Å². The third-order valence-corrected chi connectivity index (χ3v) is 4.22. The molecule has 0 radical (unpaired) electrons. The predicted octanol–water partition coefficient (Wildman–Crippen LogP) is 1.57.